The quantitative estimate of drug-likeness (QED) is 0.389. The molecule has 168 valence electrons. The predicted molar refractivity (Wildman–Crippen MR) is 127 cm³/mol. The SMILES string of the molecule is CCc1cc(=O)[nH]c(-n2nc(-c3ccccc3)cc2NC(=O)Nc2cc(Cl)ccc2OC)n1. The lowest BCUT2D eigenvalue weighted by Crippen LogP contribution is -2.23. The molecule has 9 nitrogen and oxygen atoms in total. The highest BCUT2D eigenvalue weighted by Gasteiger charge is 2.17. The molecular formula is C23H21ClN6O3. The summed E-state index contributed by atoms with van der Waals surface area (Å²) in [6.45, 7) is 1.90. The summed E-state index contributed by atoms with van der Waals surface area (Å²) in [6.07, 6.45) is 0.571. The molecular weight excluding hydrogens is 444 g/mol. The van der Waals surface area contributed by atoms with Crippen LogP contribution in [0.25, 0.3) is 17.2 Å². The predicted octanol–water partition coefficient (Wildman–Crippen LogP) is 4.49. The zero-order chi connectivity index (χ0) is 23.4. The van der Waals surface area contributed by atoms with Gasteiger partial charge in [0.15, 0.2) is 0 Å². The lowest BCUT2D eigenvalue weighted by atomic mass is 10.2. The van der Waals surface area contributed by atoms with Crippen LogP contribution >= 0.6 is 11.6 Å². The van der Waals surface area contributed by atoms with E-state index in [2.05, 4.69) is 25.7 Å². The maximum atomic E-state index is 12.8. The van der Waals surface area contributed by atoms with Gasteiger partial charge >= 0.3 is 6.03 Å². The number of rotatable bonds is 6. The van der Waals surface area contributed by atoms with Crippen molar-refractivity contribution in [3.63, 3.8) is 0 Å². The fourth-order valence-corrected chi connectivity index (χ4v) is 3.38. The van der Waals surface area contributed by atoms with Crippen molar-refractivity contribution in [1.82, 2.24) is 19.7 Å². The molecule has 0 aliphatic rings. The van der Waals surface area contributed by atoms with Crippen LogP contribution in [-0.4, -0.2) is 32.9 Å². The second-order valence-electron chi connectivity index (χ2n) is 7.03. The van der Waals surface area contributed by atoms with E-state index in [4.69, 9.17) is 16.3 Å². The first-order valence-corrected chi connectivity index (χ1v) is 10.5. The van der Waals surface area contributed by atoms with E-state index < -0.39 is 6.03 Å². The first-order chi connectivity index (χ1) is 16.0. The Kier molecular flexibility index (Phi) is 6.41. The first-order valence-electron chi connectivity index (χ1n) is 10.1. The van der Waals surface area contributed by atoms with E-state index in [0.29, 0.717) is 40.1 Å². The number of nitrogens with zero attached hydrogens (tertiary/aromatic N) is 3. The third-order valence-corrected chi connectivity index (χ3v) is 5.01. The number of nitrogens with one attached hydrogen (secondary N) is 3. The van der Waals surface area contributed by atoms with Gasteiger partial charge in [0.05, 0.1) is 18.5 Å². The highest BCUT2D eigenvalue weighted by Crippen LogP contribution is 2.28. The maximum Gasteiger partial charge on any atom is 0.324 e. The van der Waals surface area contributed by atoms with E-state index in [1.54, 1.807) is 24.3 Å². The van der Waals surface area contributed by atoms with Crippen LogP contribution in [-0.2, 0) is 6.42 Å². The van der Waals surface area contributed by atoms with Gasteiger partial charge in [-0.05, 0) is 24.6 Å². The van der Waals surface area contributed by atoms with Crippen LogP contribution in [0, 0.1) is 0 Å². The van der Waals surface area contributed by atoms with Crippen molar-refractivity contribution in [2.45, 2.75) is 13.3 Å². The molecule has 0 spiro atoms. The number of hydrogen-bond donors (Lipinski definition) is 3. The largest absolute Gasteiger partial charge is 0.495 e. The minimum absolute atomic E-state index is 0.192. The molecule has 2 amide bonds. The molecule has 0 unspecified atom stereocenters. The Morgan fingerprint density at radius 3 is 2.64 bits per heavy atom. The zero-order valence-corrected chi connectivity index (χ0v) is 18.7. The van der Waals surface area contributed by atoms with Gasteiger partial charge < -0.3 is 10.1 Å². The second-order valence-corrected chi connectivity index (χ2v) is 7.47. The number of hydrogen-bond acceptors (Lipinski definition) is 5. The minimum Gasteiger partial charge on any atom is -0.495 e. The van der Waals surface area contributed by atoms with E-state index in [1.165, 1.54) is 17.9 Å². The molecule has 0 atom stereocenters. The molecule has 2 heterocycles. The normalized spacial score (nSPS) is 10.6. The number of carbonyl (C=O) groups is 1. The van der Waals surface area contributed by atoms with E-state index in [-0.39, 0.29) is 11.5 Å². The van der Waals surface area contributed by atoms with Gasteiger partial charge in [-0.3, -0.25) is 15.1 Å². The van der Waals surface area contributed by atoms with E-state index in [9.17, 15) is 9.59 Å². The Labute approximate surface area is 194 Å². The summed E-state index contributed by atoms with van der Waals surface area (Å²) >= 11 is 6.05. The summed E-state index contributed by atoms with van der Waals surface area (Å²) in [7, 11) is 1.50. The number of methoxy groups -OCH3 is 1. The Balaban J connectivity index is 1.72. The average Bonchev–Trinajstić information content (AvgIpc) is 3.23. The molecule has 0 aliphatic carbocycles. The summed E-state index contributed by atoms with van der Waals surface area (Å²) in [5.41, 5.74) is 2.12. The highest BCUT2D eigenvalue weighted by atomic mass is 35.5. The molecule has 0 bridgehead atoms. The summed E-state index contributed by atoms with van der Waals surface area (Å²) in [4.78, 5) is 32.1. The second kappa shape index (κ2) is 9.58. The molecule has 0 aliphatic heterocycles. The smallest absolute Gasteiger partial charge is 0.324 e. The summed E-state index contributed by atoms with van der Waals surface area (Å²) in [6, 6.07) is 16.9. The van der Waals surface area contributed by atoms with Crippen molar-refractivity contribution in [2.24, 2.45) is 0 Å². The van der Waals surface area contributed by atoms with Gasteiger partial charge in [-0.25, -0.2) is 9.78 Å². The van der Waals surface area contributed by atoms with E-state index in [0.717, 1.165) is 5.56 Å². The number of aromatic amines is 1. The van der Waals surface area contributed by atoms with E-state index in [1.807, 2.05) is 37.3 Å². The van der Waals surface area contributed by atoms with Crippen LogP contribution in [0.3, 0.4) is 0 Å². The van der Waals surface area contributed by atoms with E-state index >= 15 is 0 Å². The zero-order valence-electron chi connectivity index (χ0n) is 17.9. The topological polar surface area (TPSA) is 114 Å². The number of amides is 2. The van der Waals surface area contributed by atoms with Crippen LogP contribution in [0.1, 0.15) is 12.6 Å². The monoisotopic (exact) mass is 464 g/mol. The van der Waals surface area contributed by atoms with Gasteiger partial charge in [-0.15, -0.1) is 0 Å². The molecule has 2 aromatic carbocycles. The Bertz CT molecular complexity index is 1350. The summed E-state index contributed by atoms with van der Waals surface area (Å²) in [5, 5.41) is 10.5. The Hall–Kier alpha value is -4.11. The highest BCUT2D eigenvalue weighted by molar-refractivity contribution is 6.31. The summed E-state index contributed by atoms with van der Waals surface area (Å²) in [5.74, 6) is 0.954. The van der Waals surface area contributed by atoms with Gasteiger partial charge in [0.1, 0.15) is 11.6 Å². The number of benzene rings is 2. The number of aryl methyl sites for hydroxylation is 1. The third kappa shape index (κ3) is 5.04. The fraction of sp³-hybridized carbons (Fsp3) is 0.130. The van der Waals surface area contributed by atoms with Crippen LogP contribution in [0.5, 0.6) is 5.75 Å². The Morgan fingerprint density at radius 2 is 1.91 bits per heavy atom. The average molecular weight is 465 g/mol. The Morgan fingerprint density at radius 1 is 1.12 bits per heavy atom. The lowest BCUT2D eigenvalue weighted by Gasteiger charge is -2.12. The molecule has 3 N–H and O–H groups in total. The molecule has 4 aromatic rings. The molecule has 2 aromatic heterocycles. The number of carbonyl (C=O) groups excluding carboxylic acids is 1. The van der Waals surface area contributed by atoms with Gasteiger partial charge in [0, 0.05) is 28.4 Å². The van der Waals surface area contributed by atoms with Crippen molar-refractivity contribution in [1.29, 1.82) is 0 Å². The van der Waals surface area contributed by atoms with Gasteiger partial charge in [0.25, 0.3) is 5.56 Å². The molecule has 4 rings (SSSR count). The maximum absolute atomic E-state index is 12.8. The third-order valence-electron chi connectivity index (χ3n) is 4.78. The number of H-pyrrole nitrogens is 1. The number of aromatic nitrogens is 4. The number of urea groups is 1. The van der Waals surface area contributed by atoms with Crippen molar-refractivity contribution in [2.75, 3.05) is 17.7 Å². The lowest BCUT2D eigenvalue weighted by molar-refractivity contribution is 0.262. The fourth-order valence-electron chi connectivity index (χ4n) is 3.20. The molecule has 0 saturated carbocycles. The number of ether oxygens (including phenoxy) is 1. The standard InChI is InChI=1S/C23H21ClN6O3/c1-3-16-12-21(31)28-22(25-16)30-20(13-17(29-30)14-7-5-4-6-8-14)27-23(32)26-18-11-15(24)9-10-19(18)33-2/h4-13H,3H2,1-2H3,(H,25,28,31)(H2,26,27,32). The van der Waals surface area contributed by atoms with Crippen molar-refractivity contribution >= 4 is 29.1 Å². The van der Waals surface area contributed by atoms with Crippen LogP contribution < -0.4 is 20.9 Å². The number of anilines is 2. The molecule has 10 heteroatoms. The van der Waals surface area contributed by atoms with Crippen molar-refractivity contribution in [3.8, 4) is 23.0 Å². The van der Waals surface area contributed by atoms with Crippen molar-refractivity contribution in [3.05, 3.63) is 81.7 Å². The van der Waals surface area contributed by atoms with Crippen LogP contribution in [0.2, 0.25) is 5.02 Å². The van der Waals surface area contributed by atoms with Gasteiger partial charge in [0.2, 0.25) is 5.95 Å². The minimum atomic E-state index is -0.551. The van der Waals surface area contributed by atoms with Crippen molar-refractivity contribution < 1.29 is 9.53 Å². The first kappa shape index (κ1) is 22.1. The van der Waals surface area contributed by atoms with Gasteiger partial charge in [-0.2, -0.15) is 9.78 Å². The molecule has 0 fully saturated rings. The van der Waals surface area contributed by atoms with Crippen LogP contribution in [0.15, 0.2) is 65.5 Å². The summed E-state index contributed by atoms with van der Waals surface area (Å²) < 4.78 is 6.66. The van der Waals surface area contributed by atoms with Crippen LogP contribution in [0.4, 0.5) is 16.3 Å². The number of halogens is 1. The van der Waals surface area contributed by atoms with Gasteiger partial charge in [-0.1, -0.05) is 48.9 Å². The molecule has 33 heavy (non-hydrogen) atoms. The molecule has 0 radical (unpaired) electrons. The molecule has 0 saturated heterocycles.